The maximum atomic E-state index is 11.2. The van der Waals surface area contributed by atoms with Gasteiger partial charge in [-0.05, 0) is 27.7 Å². The van der Waals surface area contributed by atoms with E-state index in [2.05, 4.69) is 15.3 Å². The van der Waals surface area contributed by atoms with Gasteiger partial charge in [0.25, 0.3) is 5.56 Å². The molecule has 0 spiro atoms. The summed E-state index contributed by atoms with van der Waals surface area (Å²) in [6, 6.07) is 1.29. The first-order valence-corrected chi connectivity index (χ1v) is 5.23. The zero-order valence-corrected chi connectivity index (χ0v) is 10.4. The number of nitrogens with one attached hydrogen (secondary N) is 2. The molecule has 0 unspecified atom stereocenters. The van der Waals surface area contributed by atoms with Crippen molar-refractivity contribution >= 4 is 11.8 Å². The normalized spacial score (nSPS) is 12.2. The molecule has 0 saturated heterocycles. The maximum absolute atomic E-state index is 11.2. The molecule has 0 aromatic carbocycles. The van der Waals surface area contributed by atoms with E-state index in [1.165, 1.54) is 12.4 Å². The number of H-pyrrole nitrogens is 1. The van der Waals surface area contributed by atoms with Crippen molar-refractivity contribution in [2.24, 2.45) is 5.41 Å². The summed E-state index contributed by atoms with van der Waals surface area (Å²) in [6.45, 7) is 6.75. The van der Waals surface area contributed by atoms with Crippen LogP contribution in [0.1, 0.15) is 27.7 Å². The van der Waals surface area contributed by atoms with Crippen molar-refractivity contribution in [3.63, 3.8) is 0 Å². The Morgan fingerprint density at radius 3 is 2.47 bits per heavy atom. The van der Waals surface area contributed by atoms with Crippen molar-refractivity contribution in [1.29, 1.82) is 0 Å². The fourth-order valence-electron chi connectivity index (χ4n) is 1.18. The van der Waals surface area contributed by atoms with Crippen LogP contribution < -0.4 is 10.9 Å². The predicted molar refractivity (Wildman–Crippen MR) is 64.0 cm³/mol. The van der Waals surface area contributed by atoms with E-state index < -0.39 is 16.9 Å². The van der Waals surface area contributed by atoms with Crippen LogP contribution >= 0.6 is 0 Å². The molecule has 1 aromatic rings. The Morgan fingerprint density at radius 2 is 2.00 bits per heavy atom. The van der Waals surface area contributed by atoms with Crippen LogP contribution in [0.15, 0.2) is 17.2 Å². The van der Waals surface area contributed by atoms with Crippen molar-refractivity contribution < 1.29 is 9.90 Å². The molecule has 0 radical (unpaired) electrons. The lowest BCUT2D eigenvalue weighted by molar-refractivity contribution is -0.149. The van der Waals surface area contributed by atoms with Crippen LogP contribution in [0.4, 0.5) is 5.82 Å². The van der Waals surface area contributed by atoms with Gasteiger partial charge < -0.3 is 15.4 Å². The fourth-order valence-corrected chi connectivity index (χ4v) is 1.18. The van der Waals surface area contributed by atoms with Crippen LogP contribution in [-0.2, 0) is 4.79 Å². The SMILES string of the molecule is CC(C)(Nc1cc(=O)[nH]cn1)C(C)(C)C(=O)O. The second-order valence-electron chi connectivity index (χ2n) is 4.98. The quantitative estimate of drug-likeness (QED) is 0.730. The molecule has 0 aliphatic heterocycles. The van der Waals surface area contributed by atoms with Gasteiger partial charge in [-0.1, -0.05) is 0 Å². The van der Waals surface area contributed by atoms with Crippen LogP contribution in [0.2, 0.25) is 0 Å². The lowest BCUT2D eigenvalue weighted by atomic mass is 9.74. The Hall–Kier alpha value is -1.85. The Bertz CT molecular complexity index is 477. The number of nitrogens with zero attached hydrogens (tertiary/aromatic N) is 1. The van der Waals surface area contributed by atoms with Crippen molar-refractivity contribution in [2.75, 3.05) is 5.32 Å². The van der Waals surface area contributed by atoms with Crippen LogP contribution in [0.5, 0.6) is 0 Å². The third-order valence-corrected chi connectivity index (χ3v) is 3.22. The van der Waals surface area contributed by atoms with Crippen LogP contribution in [0.3, 0.4) is 0 Å². The summed E-state index contributed by atoms with van der Waals surface area (Å²) >= 11 is 0. The number of carboxylic acids is 1. The smallest absolute Gasteiger partial charge is 0.311 e. The molecule has 1 rings (SSSR count). The molecule has 0 amide bonds. The average molecular weight is 239 g/mol. The maximum Gasteiger partial charge on any atom is 0.311 e. The zero-order valence-electron chi connectivity index (χ0n) is 10.4. The first-order chi connectivity index (χ1) is 7.67. The molecule has 17 heavy (non-hydrogen) atoms. The number of rotatable bonds is 4. The molecule has 6 nitrogen and oxygen atoms in total. The molecule has 0 bridgehead atoms. The van der Waals surface area contributed by atoms with E-state index >= 15 is 0 Å². The van der Waals surface area contributed by atoms with Crippen LogP contribution in [-0.4, -0.2) is 26.6 Å². The van der Waals surface area contributed by atoms with Crippen molar-refractivity contribution in [1.82, 2.24) is 9.97 Å². The van der Waals surface area contributed by atoms with E-state index in [4.69, 9.17) is 0 Å². The number of hydrogen-bond donors (Lipinski definition) is 3. The summed E-state index contributed by atoms with van der Waals surface area (Å²) in [4.78, 5) is 28.6. The van der Waals surface area contributed by atoms with Gasteiger partial charge in [0.1, 0.15) is 5.82 Å². The van der Waals surface area contributed by atoms with E-state index in [0.717, 1.165) is 0 Å². The number of hydrogen-bond acceptors (Lipinski definition) is 4. The zero-order chi connectivity index (χ0) is 13.3. The highest BCUT2D eigenvalue weighted by atomic mass is 16.4. The highest BCUT2D eigenvalue weighted by Gasteiger charge is 2.43. The van der Waals surface area contributed by atoms with Gasteiger partial charge in [-0.15, -0.1) is 0 Å². The molecular formula is C11H17N3O3. The summed E-state index contributed by atoms with van der Waals surface area (Å²) in [7, 11) is 0. The van der Waals surface area contributed by atoms with Gasteiger partial charge in [0.05, 0.1) is 11.7 Å². The molecule has 6 heteroatoms. The first kappa shape index (κ1) is 13.2. The van der Waals surface area contributed by atoms with E-state index in [-0.39, 0.29) is 5.56 Å². The van der Waals surface area contributed by atoms with E-state index in [9.17, 15) is 14.7 Å². The van der Waals surface area contributed by atoms with Crippen molar-refractivity contribution in [3.05, 3.63) is 22.7 Å². The number of carbonyl (C=O) groups is 1. The second kappa shape index (κ2) is 4.20. The Balaban J connectivity index is 3.01. The molecule has 3 N–H and O–H groups in total. The minimum atomic E-state index is -1.00. The number of aromatic amines is 1. The molecule has 0 atom stereocenters. The summed E-state index contributed by atoms with van der Waals surface area (Å²) in [6.07, 6.45) is 1.27. The van der Waals surface area contributed by atoms with Crippen molar-refractivity contribution in [2.45, 2.75) is 33.2 Å². The largest absolute Gasteiger partial charge is 0.481 e. The number of aliphatic carboxylic acids is 1. The summed E-state index contributed by atoms with van der Waals surface area (Å²) in [5.41, 5.74) is -2.04. The lowest BCUT2D eigenvalue weighted by Crippen LogP contribution is -2.50. The summed E-state index contributed by atoms with van der Waals surface area (Å²) in [5, 5.41) is 12.1. The minimum absolute atomic E-state index is 0.286. The Morgan fingerprint density at radius 1 is 1.41 bits per heavy atom. The Kier molecular flexibility index (Phi) is 3.26. The monoisotopic (exact) mass is 239 g/mol. The van der Waals surface area contributed by atoms with Gasteiger partial charge in [-0.3, -0.25) is 9.59 Å². The van der Waals surface area contributed by atoms with Crippen molar-refractivity contribution in [3.8, 4) is 0 Å². The molecular weight excluding hydrogens is 222 g/mol. The topological polar surface area (TPSA) is 95.1 Å². The highest BCUT2D eigenvalue weighted by Crippen LogP contribution is 2.33. The number of anilines is 1. The number of carboxylic acid groups (broad SMARTS) is 1. The molecule has 0 aliphatic carbocycles. The lowest BCUT2D eigenvalue weighted by Gasteiger charge is -2.39. The second-order valence-corrected chi connectivity index (χ2v) is 4.98. The minimum Gasteiger partial charge on any atom is -0.481 e. The highest BCUT2D eigenvalue weighted by molar-refractivity contribution is 5.76. The molecule has 1 aromatic heterocycles. The standard InChI is InChI=1S/C11H17N3O3/c1-10(2,9(16)17)11(3,4)14-7-5-8(15)13-6-12-7/h5-6H,1-4H3,(H,16,17)(H2,12,13,14,15). The molecule has 1 heterocycles. The van der Waals surface area contributed by atoms with Gasteiger partial charge in [0, 0.05) is 11.6 Å². The predicted octanol–water partition coefficient (Wildman–Crippen LogP) is 1.07. The van der Waals surface area contributed by atoms with E-state index in [1.807, 2.05) is 0 Å². The van der Waals surface area contributed by atoms with Gasteiger partial charge in [-0.2, -0.15) is 0 Å². The van der Waals surface area contributed by atoms with Gasteiger partial charge in [0.2, 0.25) is 0 Å². The molecule has 0 aliphatic rings. The number of aromatic nitrogens is 2. The molecule has 0 fully saturated rings. The summed E-state index contributed by atoms with van der Waals surface area (Å²) < 4.78 is 0. The third-order valence-electron chi connectivity index (χ3n) is 3.22. The van der Waals surface area contributed by atoms with E-state index in [0.29, 0.717) is 5.82 Å². The molecule has 0 saturated carbocycles. The third kappa shape index (κ3) is 2.64. The van der Waals surface area contributed by atoms with Crippen LogP contribution in [0.25, 0.3) is 0 Å². The van der Waals surface area contributed by atoms with Gasteiger partial charge >= 0.3 is 5.97 Å². The van der Waals surface area contributed by atoms with Crippen LogP contribution in [0, 0.1) is 5.41 Å². The molecule has 94 valence electrons. The fraction of sp³-hybridized carbons (Fsp3) is 0.545. The van der Waals surface area contributed by atoms with E-state index in [1.54, 1.807) is 27.7 Å². The van der Waals surface area contributed by atoms with Gasteiger partial charge in [-0.25, -0.2) is 4.98 Å². The summed E-state index contributed by atoms with van der Waals surface area (Å²) in [5.74, 6) is -0.562. The average Bonchev–Trinajstić information content (AvgIpc) is 2.16. The first-order valence-electron chi connectivity index (χ1n) is 5.23. The Labute approximate surface area is 99.1 Å². The van der Waals surface area contributed by atoms with Gasteiger partial charge in [0.15, 0.2) is 0 Å².